The summed E-state index contributed by atoms with van der Waals surface area (Å²) in [6.07, 6.45) is 10.1. The molecule has 2 heterocycles. The Morgan fingerprint density at radius 1 is 1.24 bits per heavy atom. The molecule has 0 aliphatic carbocycles. The van der Waals surface area contributed by atoms with Gasteiger partial charge in [0, 0.05) is 24.2 Å². The Balaban J connectivity index is 1.95. The van der Waals surface area contributed by atoms with Gasteiger partial charge in [0.15, 0.2) is 9.84 Å². The van der Waals surface area contributed by atoms with E-state index in [-0.39, 0.29) is 11.5 Å². The van der Waals surface area contributed by atoms with Gasteiger partial charge in [0.2, 0.25) is 0 Å². The molecule has 0 saturated carbocycles. The van der Waals surface area contributed by atoms with Gasteiger partial charge in [-0.25, -0.2) is 8.42 Å². The predicted molar refractivity (Wildman–Crippen MR) is 105 cm³/mol. The van der Waals surface area contributed by atoms with Crippen LogP contribution in [0.4, 0.5) is 0 Å². The number of aromatic nitrogens is 1. The molecular formula is C19H18N4O5S. The number of sulfone groups is 1. The van der Waals surface area contributed by atoms with Crippen LogP contribution in [-0.2, 0) is 20.2 Å². The van der Waals surface area contributed by atoms with Gasteiger partial charge in [-0.1, -0.05) is 24.3 Å². The molecule has 2 aromatic rings. The van der Waals surface area contributed by atoms with E-state index in [1.807, 2.05) is 12.1 Å². The molecule has 150 valence electrons. The van der Waals surface area contributed by atoms with Gasteiger partial charge in [-0.15, -0.1) is 10.1 Å². The molecule has 1 aromatic carbocycles. The highest BCUT2D eigenvalue weighted by atomic mass is 32.2. The Kier molecular flexibility index (Phi) is 5.83. The van der Waals surface area contributed by atoms with E-state index >= 15 is 0 Å². The van der Waals surface area contributed by atoms with Crippen molar-refractivity contribution in [3.05, 3.63) is 88.3 Å². The van der Waals surface area contributed by atoms with Crippen LogP contribution in [0.1, 0.15) is 17.5 Å². The molecule has 0 radical (unpaired) electrons. The lowest BCUT2D eigenvalue weighted by molar-refractivity contribution is -0.757. The first-order valence-electron chi connectivity index (χ1n) is 8.62. The van der Waals surface area contributed by atoms with E-state index in [1.165, 1.54) is 12.1 Å². The average molecular weight is 414 g/mol. The monoisotopic (exact) mass is 414 g/mol. The van der Waals surface area contributed by atoms with Crippen molar-refractivity contribution in [3.63, 3.8) is 0 Å². The number of hydrogen-bond donors (Lipinski definition) is 0. The fraction of sp³-hybridized carbons (Fsp3) is 0.211. The molecule has 1 unspecified atom stereocenters. The lowest BCUT2D eigenvalue weighted by atomic mass is 9.89. The van der Waals surface area contributed by atoms with Crippen molar-refractivity contribution in [2.75, 3.05) is 12.9 Å². The highest BCUT2D eigenvalue weighted by molar-refractivity contribution is 7.90. The summed E-state index contributed by atoms with van der Waals surface area (Å²) >= 11 is 0. The number of hydrogen-bond acceptors (Lipinski definition) is 8. The second-order valence-corrected chi connectivity index (χ2v) is 8.36. The van der Waals surface area contributed by atoms with E-state index in [1.54, 1.807) is 42.7 Å². The fourth-order valence-electron chi connectivity index (χ4n) is 2.80. The minimum Gasteiger partial charge on any atom is -0.314 e. The summed E-state index contributed by atoms with van der Waals surface area (Å²) in [4.78, 5) is 18.9. The molecule has 1 atom stereocenters. The van der Waals surface area contributed by atoms with Crippen molar-refractivity contribution in [3.8, 4) is 0 Å². The van der Waals surface area contributed by atoms with Gasteiger partial charge < -0.3 is 4.84 Å². The maximum atomic E-state index is 11.7. The minimum absolute atomic E-state index is 0.0804. The number of benzene rings is 1. The first-order chi connectivity index (χ1) is 13.8. The molecule has 9 nitrogen and oxygen atoms in total. The van der Waals surface area contributed by atoms with Gasteiger partial charge in [0.25, 0.3) is 5.09 Å². The van der Waals surface area contributed by atoms with E-state index in [9.17, 15) is 18.5 Å². The largest absolute Gasteiger partial charge is 0.314 e. The summed E-state index contributed by atoms with van der Waals surface area (Å²) in [7, 11) is -3.33. The Morgan fingerprint density at radius 2 is 2.00 bits per heavy atom. The van der Waals surface area contributed by atoms with E-state index < -0.39 is 20.5 Å². The van der Waals surface area contributed by atoms with Crippen molar-refractivity contribution in [1.29, 1.82) is 0 Å². The van der Waals surface area contributed by atoms with Crippen LogP contribution in [0, 0.1) is 10.1 Å². The van der Waals surface area contributed by atoms with Crippen LogP contribution in [0.5, 0.6) is 0 Å². The summed E-state index contributed by atoms with van der Waals surface area (Å²) in [6.45, 7) is -0.0804. The number of pyridine rings is 1. The Bertz CT molecular complexity index is 1080. The van der Waals surface area contributed by atoms with Gasteiger partial charge in [-0.3, -0.25) is 4.98 Å². The second kappa shape index (κ2) is 8.31. The molecule has 0 N–H and O–H groups in total. The van der Waals surface area contributed by atoms with Gasteiger partial charge in [0.1, 0.15) is 5.54 Å². The van der Waals surface area contributed by atoms with Crippen LogP contribution in [0.2, 0.25) is 0 Å². The lowest BCUT2D eigenvalue weighted by Crippen LogP contribution is -2.16. The molecule has 29 heavy (non-hydrogen) atoms. The molecule has 10 heteroatoms. The van der Waals surface area contributed by atoms with Gasteiger partial charge in [-0.05, 0) is 42.3 Å². The van der Waals surface area contributed by atoms with E-state index in [4.69, 9.17) is 0 Å². The SMILES string of the molecule is CS(=O)(=O)c1ccc(C2(C=CCCO[N+](=O)[O-])C=C(c3cccnc3)N=N2)cc1. The van der Waals surface area contributed by atoms with E-state index in [0.717, 1.165) is 11.8 Å². The van der Waals surface area contributed by atoms with Crippen molar-refractivity contribution in [2.24, 2.45) is 10.2 Å². The average Bonchev–Trinajstić information content (AvgIpc) is 3.13. The molecule has 1 aromatic heterocycles. The molecular weight excluding hydrogens is 396 g/mol. The van der Waals surface area contributed by atoms with Crippen LogP contribution in [0.25, 0.3) is 5.70 Å². The first-order valence-corrected chi connectivity index (χ1v) is 10.5. The maximum absolute atomic E-state index is 11.7. The third-order valence-electron chi connectivity index (χ3n) is 4.24. The van der Waals surface area contributed by atoms with Gasteiger partial charge in [0.05, 0.1) is 17.2 Å². The van der Waals surface area contributed by atoms with Crippen molar-refractivity contribution in [2.45, 2.75) is 16.9 Å². The third-order valence-corrected chi connectivity index (χ3v) is 5.36. The summed E-state index contributed by atoms with van der Waals surface area (Å²) in [6, 6.07) is 10.0. The van der Waals surface area contributed by atoms with Crippen LogP contribution in [0.3, 0.4) is 0 Å². The predicted octanol–water partition coefficient (Wildman–Crippen LogP) is 3.34. The maximum Gasteiger partial charge on any atom is 0.294 e. The Labute approximate surface area is 167 Å². The normalized spacial score (nSPS) is 18.7. The molecule has 3 rings (SSSR count). The smallest absolute Gasteiger partial charge is 0.294 e. The zero-order valence-corrected chi connectivity index (χ0v) is 16.3. The molecule has 1 aliphatic rings. The summed E-state index contributed by atoms with van der Waals surface area (Å²) < 4.78 is 23.5. The topological polar surface area (TPSA) is 124 Å². The van der Waals surface area contributed by atoms with Crippen LogP contribution in [0.15, 0.2) is 82.1 Å². The summed E-state index contributed by atoms with van der Waals surface area (Å²) in [5.41, 5.74) is 1.15. The van der Waals surface area contributed by atoms with Crippen molar-refractivity contribution >= 4 is 15.5 Å². The minimum atomic E-state index is -3.33. The number of rotatable bonds is 8. The summed E-state index contributed by atoms with van der Waals surface area (Å²) in [5, 5.41) is 18.1. The Morgan fingerprint density at radius 3 is 2.62 bits per heavy atom. The van der Waals surface area contributed by atoms with Crippen LogP contribution >= 0.6 is 0 Å². The highest BCUT2D eigenvalue weighted by Crippen LogP contribution is 2.39. The molecule has 0 amide bonds. The highest BCUT2D eigenvalue weighted by Gasteiger charge is 2.32. The van der Waals surface area contributed by atoms with E-state index in [2.05, 4.69) is 20.1 Å². The lowest BCUT2D eigenvalue weighted by Gasteiger charge is -2.19. The van der Waals surface area contributed by atoms with Crippen molar-refractivity contribution < 1.29 is 18.3 Å². The summed E-state index contributed by atoms with van der Waals surface area (Å²) in [5.74, 6) is 0. The number of azo groups is 1. The van der Waals surface area contributed by atoms with Gasteiger partial charge >= 0.3 is 0 Å². The first kappa shape index (κ1) is 20.3. The molecule has 0 saturated heterocycles. The van der Waals surface area contributed by atoms with Gasteiger partial charge in [-0.2, -0.15) is 10.2 Å². The Hall–Kier alpha value is -3.40. The molecule has 0 bridgehead atoms. The van der Waals surface area contributed by atoms with Crippen molar-refractivity contribution in [1.82, 2.24) is 4.98 Å². The number of nitrogens with zero attached hydrogens (tertiary/aromatic N) is 4. The van der Waals surface area contributed by atoms with E-state index in [0.29, 0.717) is 17.7 Å². The standard InChI is InChI=1S/C19H18N4O5S/c1-29(26,27)17-8-6-16(7-9-17)19(10-2-3-12-28-23(24)25)13-18(21-22-19)15-5-4-11-20-14-15/h2,4-11,13-14H,3,12H2,1H3. The molecule has 0 spiro atoms. The fourth-order valence-corrected chi connectivity index (χ4v) is 3.43. The second-order valence-electron chi connectivity index (χ2n) is 6.34. The third kappa shape index (κ3) is 4.91. The quantitative estimate of drug-likeness (QED) is 0.282. The zero-order valence-electron chi connectivity index (χ0n) is 15.5. The van der Waals surface area contributed by atoms with Crippen LogP contribution in [-0.4, -0.2) is 31.4 Å². The van der Waals surface area contributed by atoms with Crippen LogP contribution < -0.4 is 0 Å². The molecule has 1 aliphatic heterocycles. The zero-order chi connectivity index (χ0) is 20.9. The molecule has 0 fully saturated rings.